The van der Waals surface area contributed by atoms with E-state index in [2.05, 4.69) is 17.5 Å². The van der Waals surface area contributed by atoms with E-state index in [-0.39, 0.29) is 6.10 Å². The summed E-state index contributed by atoms with van der Waals surface area (Å²) in [5.41, 5.74) is 0. The van der Waals surface area contributed by atoms with Gasteiger partial charge in [-0.05, 0) is 32.1 Å². The highest BCUT2D eigenvalue weighted by molar-refractivity contribution is 4.98. The van der Waals surface area contributed by atoms with E-state index in [0.29, 0.717) is 12.1 Å². The van der Waals surface area contributed by atoms with Crippen LogP contribution in [0.25, 0.3) is 0 Å². The van der Waals surface area contributed by atoms with E-state index in [9.17, 15) is 5.11 Å². The molecule has 0 aromatic rings. The molecule has 2 aliphatic carbocycles. The van der Waals surface area contributed by atoms with Crippen molar-refractivity contribution in [2.75, 3.05) is 0 Å². The zero-order chi connectivity index (χ0) is 9.80. The Kier molecular flexibility index (Phi) is 3.60. The number of hydrogen-bond donors (Lipinski definition) is 2. The molecule has 0 bridgehead atoms. The highest BCUT2D eigenvalue weighted by Crippen LogP contribution is 2.21. The van der Waals surface area contributed by atoms with E-state index in [4.69, 9.17) is 0 Å². The molecule has 0 spiro atoms. The first-order chi connectivity index (χ1) is 6.84. The van der Waals surface area contributed by atoms with Crippen molar-refractivity contribution in [3.05, 3.63) is 12.2 Å². The van der Waals surface area contributed by atoms with E-state index in [1.54, 1.807) is 0 Å². The third kappa shape index (κ3) is 2.82. The second-order valence-corrected chi connectivity index (χ2v) is 4.66. The molecule has 2 nitrogen and oxygen atoms in total. The van der Waals surface area contributed by atoms with Crippen molar-refractivity contribution >= 4 is 0 Å². The van der Waals surface area contributed by atoms with E-state index in [0.717, 1.165) is 12.8 Å². The van der Waals surface area contributed by atoms with Crippen LogP contribution in [0.15, 0.2) is 12.2 Å². The monoisotopic (exact) mass is 195 g/mol. The van der Waals surface area contributed by atoms with Gasteiger partial charge in [-0.15, -0.1) is 0 Å². The molecule has 1 saturated carbocycles. The first-order valence-electron chi connectivity index (χ1n) is 5.95. The third-order valence-electron chi connectivity index (χ3n) is 3.32. The molecule has 0 heterocycles. The molecule has 0 amide bonds. The van der Waals surface area contributed by atoms with Gasteiger partial charge in [0.2, 0.25) is 0 Å². The maximum Gasteiger partial charge on any atom is 0.0570 e. The van der Waals surface area contributed by atoms with Crippen LogP contribution < -0.4 is 5.32 Å². The Morgan fingerprint density at radius 1 is 1.14 bits per heavy atom. The van der Waals surface area contributed by atoms with Crippen molar-refractivity contribution < 1.29 is 5.11 Å². The van der Waals surface area contributed by atoms with Crippen LogP contribution in [-0.2, 0) is 0 Å². The van der Waals surface area contributed by atoms with Crippen LogP contribution in [0, 0.1) is 0 Å². The Morgan fingerprint density at radius 2 is 2.00 bits per heavy atom. The highest BCUT2D eigenvalue weighted by atomic mass is 16.3. The van der Waals surface area contributed by atoms with E-state index >= 15 is 0 Å². The quantitative estimate of drug-likeness (QED) is 0.660. The average molecular weight is 195 g/mol. The van der Waals surface area contributed by atoms with Gasteiger partial charge < -0.3 is 10.4 Å². The van der Waals surface area contributed by atoms with Gasteiger partial charge in [0, 0.05) is 12.1 Å². The summed E-state index contributed by atoms with van der Waals surface area (Å²) in [6.45, 7) is 0. The second kappa shape index (κ2) is 4.94. The number of allylic oxidation sites excluding steroid dienone is 1. The molecule has 14 heavy (non-hydrogen) atoms. The molecule has 2 heteroatoms. The van der Waals surface area contributed by atoms with Crippen LogP contribution in [0.2, 0.25) is 0 Å². The van der Waals surface area contributed by atoms with Crippen molar-refractivity contribution in [1.29, 1.82) is 0 Å². The lowest BCUT2D eigenvalue weighted by Gasteiger charge is -2.35. The Balaban J connectivity index is 1.74. The Morgan fingerprint density at radius 3 is 2.79 bits per heavy atom. The topological polar surface area (TPSA) is 32.3 Å². The highest BCUT2D eigenvalue weighted by Gasteiger charge is 2.28. The number of hydrogen-bond acceptors (Lipinski definition) is 2. The van der Waals surface area contributed by atoms with Crippen molar-refractivity contribution in [3.63, 3.8) is 0 Å². The van der Waals surface area contributed by atoms with E-state index in [1.807, 2.05) is 0 Å². The molecule has 0 aromatic carbocycles. The zero-order valence-corrected chi connectivity index (χ0v) is 8.78. The first kappa shape index (κ1) is 10.2. The maximum atomic E-state index is 9.19. The molecular formula is C12H21NO. The summed E-state index contributed by atoms with van der Waals surface area (Å²) in [5.74, 6) is 0. The van der Waals surface area contributed by atoms with Crippen molar-refractivity contribution in [2.24, 2.45) is 0 Å². The Labute approximate surface area is 86.4 Å². The van der Waals surface area contributed by atoms with Gasteiger partial charge >= 0.3 is 0 Å². The van der Waals surface area contributed by atoms with Gasteiger partial charge in [0.25, 0.3) is 0 Å². The van der Waals surface area contributed by atoms with Crippen LogP contribution in [0.3, 0.4) is 0 Å². The largest absolute Gasteiger partial charge is 0.393 e. The summed E-state index contributed by atoms with van der Waals surface area (Å²) < 4.78 is 0. The zero-order valence-electron chi connectivity index (χ0n) is 8.78. The summed E-state index contributed by atoms with van der Waals surface area (Å²) in [6, 6.07) is 1.13. The van der Waals surface area contributed by atoms with E-state index in [1.165, 1.54) is 32.1 Å². The minimum absolute atomic E-state index is 0.0370. The summed E-state index contributed by atoms with van der Waals surface area (Å²) in [6.07, 6.45) is 13.1. The van der Waals surface area contributed by atoms with Gasteiger partial charge in [0.1, 0.15) is 0 Å². The van der Waals surface area contributed by atoms with Gasteiger partial charge in [-0.3, -0.25) is 0 Å². The predicted octanol–water partition coefficient (Wildman–Crippen LogP) is 1.99. The molecule has 0 aliphatic heterocycles. The molecule has 0 aromatic heterocycles. The second-order valence-electron chi connectivity index (χ2n) is 4.66. The average Bonchev–Trinajstić information content (AvgIpc) is 2.06. The van der Waals surface area contributed by atoms with Gasteiger partial charge in [-0.25, -0.2) is 0 Å². The first-order valence-corrected chi connectivity index (χ1v) is 5.95. The molecule has 2 aliphatic rings. The molecular weight excluding hydrogens is 174 g/mol. The van der Waals surface area contributed by atoms with Gasteiger partial charge in [0.05, 0.1) is 6.10 Å². The normalized spacial score (nSPS) is 40.8. The Bertz CT molecular complexity index is 196. The van der Waals surface area contributed by atoms with Crippen molar-refractivity contribution in [3.8, 4) is 0 Å². The number of nitrogens with one attached hydrogen (secondary N) is 1. The lowest BCUT2D eigenvalue weighted by atomic mass is 9.88. The fourth-order valence-electron chi connectivity index (χ4n) is 2.33. The van der Waals surface area contributed by atoms with Crippen LogP contribution in [0.4, 0.5) is 0 Å². The molecule has 2 rings (SSSR count). The van der Waals surface area contributed by atoms with E-state index < -0.39 is 0 Å². The van der Waals surface area contributed by atoms with Gasteiger partial charge in [-0.2, -0.15) is 0 Å². The minimum atomic E-state index is -0.0370. The summed E-state index contributed by atoms with van der Waals surface area (Å²) >= 11 is 0. The lowest BCUT2D eigenvalue weighted by molar-refractivity contribution is 0.0594. The number of aliphatic hydroxyl groups excluding tert-OH is 1. The molecule has 2 N–H and O–H groups in total. The Hall–Kier alpha value is -0.340. The molecule has 1 unspecified atom stereocenters. The minimum Gasteiger partial charge on any atom is -0.393 e. The number of rotatable bonds is 2. The summed E-state index contributed by atoms with van der Waals surface area (Å²) in [5, 5.41) is 12.8. The molecule has 0 saturated heterocycles. The van der Waals surface area contributed by atoms with Gasteiger partial charge in [-0.1, -0.05) is 25.0 Å². The predicted molar refractivity (Wildman–Crippen MR) is 58.2 cm³/mol. The molecule has 80 valence electrons. The third-order valence-corrected chi connectivity index (χ3v) is 3.32. The van der Waals surface area contributed by atoms with Crippen LogP contribution in [0.5, 0.6) is 0 Å². The fourth-order valence-corrected chi connectivity index (χ4v) is 2.33. The SMILES string of the molecule is OC1CC(NC2/C=C\CCCCC2)C1. The molecule has 1 atom stereocenters. The smallest absolute Gasteiger partial charge is 0.0570 e. The lowest BCUT2D eigenvalue weighted by Crippen LogP contribution is -2.48. The van der Waals surface area contributed by atoms with Crippen LogP contribution in [0.1, 0.15) is 44.9 Å². The standard InChI is InChI=1S/C12H21NO/c14-12-8-11(9-12)13-10-6-4-2-1-3-5-7-10/h4,6,10-14H,1-3,5,7-9H2/b6-4-. The summed E-state index contributed by atoms with van der Waals surface area (Å²) in [7, 11) is 0. The van der Waals surface area contributed by atoms with Crippen molar-refractivity contribution in [2.45, 2.75) is 63.1 Å². The maximum absolute atomic E-state index is 9.19. The van der Waals surface area contributed by atoms with Crippen molar-refractivity contribution in [1.82, 2.24) is 5.32 Å². The van der Waals surface area contributed by atoms with Crippen LogP contribution in [-0.4, -0.2) is 23.3 Å². The molecule has 0 radical (unpaired) electrons. The fraction of sp³-hybridized carbons (Fsp3) is 0.833. The number of aliphatic hydroxyl groups is 1. The van der Waals surface area contributed by atoms with Gasteiger partial charge in [0.15, 0.2) is 0 Å². The van der Waals surface area contributed by atoms with Crippen LogP contribution >= 0.6 is 0 Å². The molecule has 1 fully saturated rings. The summed E-state index contributed by atoms with van der Waals surface area (Å²) in [4.78, 5) is 0.